The highest BCUT2D eigenvalue weighted by Crippen LogP contribution is 2.54. The number of rotatable bonds is 13. The molecule has 2 unspecified atom stereocenters. The number of carboxylic acid groups (broad SMARTS) is 1. The van der Waals surface area contributed by atoms with Crippen molar-refractivity contribution in [2.45, 2.75) is 131 Å². The molecule has 0 saturated carbocycles. The van der Waals surface area contributed by atoms with Gasteiger partial charge in [0.1, 0.15) is 0 Å². The van der Waals surface area contributed by atoms with Gasteiger partial charge >= 0.3 is 5.97 Å². The van der Waals surface area contributed by atoms with Crippen LogP contribution in [0.5, 0.6) is 11.5 Å². The number of carboxylic acids is 1. The molecule has 13 nitrogen and oxygen atoms in total. The lowest BCUT2D eigenvalue weighted by Crippen LogP contribution is -2.39. The molecule has 2 atom stereocenters. The fraction of sp³-hybridized carbons (Fsp3) is 0.488. The Balaban J connectivity index is 1.76. The van der Waals surface area contributed by atoms with Crippen molar-refractivity contribution >= 4 is 89.9 Å². The molecule has 0 aliphatic carbocycles. The van der Waals surface area contributed by atoms with Crippen molar-refractivity contribution in [1.82, 2.24) is 5.32 Å². The summed E-state index contributed by atoms with van der Waals surface area (Å²) >= 11 is 21.7. The van der Waals surface area contributed by atoms with Crippen LogP contribution >= 0.6 is 46.6 Å². The van der Waals surface area contributed by atoms with Gasteiger partial charge in [-0.25, -0.2) is 4.79 Å². The van der Waals surface area contributed by atoms with Crippen LogP contribution < -0.4 is 25.9 Å². The highest BCUT2D eigenvalue weighted by molar-refractivity contribution is 8.00. The standard InChI is InChI=1S/C41H48Cl3N3O10S3/c1-8-9-10-11-12-13-45-25(48)18-58-36-30(43)27(28(39(49)50)29(42)31(36)44)26-23-14-21-19(2)16-40(4,5)46-32(21)37(59(51,52)53)34(23)57-35-24(26)15-22-20(3)17-41(6,7)47-33(22)38(35)60(54,55)56/h14-15,19-20,46H,8-13,16-18H2,1-7H3,(H,45,48)(H,49,50)(H,51,52,53)(H,54,55,56). The summed E-state index contributed by atoms with van der Waals surface area (Å²) in [7, 11) is -10.5. The van der Waals surface area contributed by atoms with Gasteiger partial charge in [0.15, 0.2) is 21.3 Å². The third-order valence-electron chi connectivity index (χ3n) is 11.0. The Morgan fingerprint density at radius 2 is 1.53 bits per heavy atom. The van der Waals surface area contributed by atoms with Crippen molar-refractivity contribution in [3.05, 3.63) is 65.6 Å². The Morgan fingerprint density at radius 3 is 2.15 bits per heavy atom. The molecule has 5 N–H and O–H groups in total. The summed E-state index contributed by atoms with van der Waals surface area (Å²) in [5.74, 6) is -4.03. The van der Waals surface area contributed by atoms with E-state index in [1.54, 1.807) is 26.0 Å². The van der Waals surface area contributed by atoms with Gasteiger partial charge in [-0.15, -0.1) is 11.8 Å². The molecule has 3 heterocycles. The van der Waals surface area contributed by atoms with E-state index in [4.69, 9.17) is 44.5 Å². The number of nitrogens with one attached hydrogen (secondary N) is 2. The first-order valence-electron chi connectivity index (χ1n) is 19.6. The van der Waals surface area contributed by atoms with Gasteiger partial charge in [-0.3, -0.25) is 18.9 Å². The molecule has 1 amide bonds. The number of fused-ring (bicyclic) bond motifs is 4. The first kappa shape index (κ1) is 46.4. The highest BCUT2D eigenvalue weighted by Gasteiger charge is 2.43. The maximum Gasteiger partial charge on any atom is 0.337 e. The Kier molecular flexibility index (Phi) is 13.1. The van der Waals surface area contributed by atoms with Gasteiger partial charge in [-0.05, 0) is 82.1 Å². The SMILES string of the molecule is CCCCCCCNC(=O)CSc1c(Cl)c(Cl)c(C(=O)O)c(C2=c3cc4c(c(S(=O)(=O)O)c3Oc3c2cc2c(c3S(=O)(=O)O)NC(C)(C)CC2C)=NC(C)(C)CC4C)c1Cl. The molecule has 19 heteroatoms. The van der Waals surface area contributed by atoms with E-state index >= 15 is 0 Å². The van der Waals surface area contributed by atoms with E-state index in [-0.39, 0.29) is 71.4 Å². The zero-order chi connectivity index (χ0) is 44.4. The van der Waals surface area contributed by atoms with Crippen molar-refractivity contribution in [2.24, 2.45) is 4.99 Å². The van der Waals surface area contributed by atoms with Crippen LogP contribution in [0, 0.1) is 0 Å². The third kappa shape index (κ3) is 8.90. The third-order valence-corrected chi connectivity index (χ3v) is 15.4. The van der Waals surface area contributed by atoms with Crippen molar-refractivity contribution in [1.29, 1.82) is 0 Å². The van der Waals surface area contributed by atoms with Crippen LogP contribution in [0.15, 0.2) is 31.8 Å². The maximum absolute atomic E-state index is 13.6. The number of ether oxygens (including phenoxy) is 1. The van der Waals surface area contributed by atoms with Gasteiger partial charge in [-0.1, -0.05) is 81.3 Å². The minimum atomic E-state index is -5.26. The van der Waals surface area contributed by atoms with Crippen LogP contribution in [-0.4, -0.2) is 66.3 Å². The minimum Gasteiger partial charge on any atom is -0.478 e. The summed E-state index contributed by atoms with van der Waals surface area (Å²) in [6.45, 7) is 13.5. The van der Waals surface area contributed by atoms with Gasteiger partial charge < -0.3 is 20.5 Å². The molecule has 60 heavy (non-hydrogen) atoms. The average molecular weight is 945 g/mol. The van der Waals surface area contributed by atoms with Crippen LogP contribution in [0.1, 0.15) is 138 Å². The Morgan fingerprint density at radius 1 is 0.900 bits per heavy atom. The molecular weight excluding hydrogens is 897 g/mol. The molecular formula is C41H48Cl3N3O10S3. The molecule has 0 aromatic heterocycles. The van der Waals surface area contributed by atoms with Gasteiger partial charge in [0.2, 0.25) is 5.91 Å². The fourth-order valence-electron chi connectivity index (χ4n) is 8.71. The molecule has 0 spiro atoms. The first-order valence-corrected chi connectivity index (χ1v) is 24.6. The highest BCUT2D eigenvalue weighted by atomic mass is 35.5. The number of thioether (sulfide) groups is 1. The number of nitrogens with zero attached hydrogens (tertiary/aromatic N) is 1. The predicted molar refractivity (Wildman–Crippen MR) is 234 cm³/mol. The van der Waals surface area contributed by atoms with E-state index in [0.717, 1.165) is 43.9 Å². The van der Waals surface area contributed by atoms with Crippen LogP contribution in [0.25, 0.3) is 5.57 Å². The van der Waals surface area contributed by atoms with E-state index in [9.17, 15) is 40.6 Å². The molecule has 0 fully saturated rings. The van der Waals surface area contributed by atoms with Gasteiger partial charge in [-0.2, -0.15) is 16.8 Å². The summed E-state index contributed by atoms with van der Waals surface area (Å²) in [4.78, 5) is 29.6. The summed E-state index contributed by atoms with van der Waals surface area (Å²) in [5.41, 5.74) is -1.89. The molecule has 3 aromatic rings. The van der Waals surface area contributed by atoms with Crippen molar-refractivity contribution < 1.29 is 45.4 Å². The normalized spacial score (nSPS) is 18.8. The van der Waals surface area contributed by atoms with Gasteiger partial charge in [0.25, 0.3) is 20.2 Å². The first-order chi connectivity index (χ1) is 27.8. The Labute approximate surface area is 369 Å². The minimum absolute atomic E-state index is 0.0140. The monoisotopic (exact) mass is 943 g/mol. The summed E-state index contributed by atoms with van der Waals surface area (Å²) in [6.07, 6.45) is 5.89. The van der Waals surface area contributed by atoms with Crippen molar-refractivity contribution in [3.63, 3.8) is 0 Å². The summed E-state index contributed by atoms with van der Waals surface area (Å²) < 4.78 is 82.8. The lowest BCUT2D eigenvalue weighted by Gasteiger charge is -2.40. The molecule has 3 aliphatic rings. The zero-order valence-corrected chi connectivity index (χ0v) is 38.9. The van der Waals surface area contributed by atoms with Crippen LogP contribution in [-0.2, 0) is 25.0 Å². The number of carbonyl (C=O) groups excluding carboxylic acids is 1. The number of aromatic carboxylic acids is 1. The lowest BCUT2D eigenvalue weighted by molar-refractivity contribution is -0.118. The Bertz CT molecular complexity index is 2690. The number of carbonyl (C=O) groups is 2. The van der Waals surface area contributed by atoms with Crippen molar-refractivity contribution in [2.75, 3.05) is 17.6 Å². The van der Waals surface area contributed by atoms with E-state index in [0.29, 0.717) is 30.5 Å². The van der Waals surface area contributed by atoms with Crippen LogP contribution in [0.2, 0.25) is 15.1 Å². The van der Waals surface area contributed by atoms with E-state index in [2.05, 4.69) is 17.6 Å². The van der Waals surface area contributed by atoms with E-state index in [1.807, 2.05) is 27.7 Å². The van der Waals surface area contributed by atoms with Crippen molar-refractivity contribution in [3.8, 4) is 11.5 Å². The molecule has 6 rings (SSSR count). The number of hydrogen-bond donors (Lipinski definition) is 5. The van der Waals surface area contributed by atoms with E-state index < -0.39 is 69.2 Å². The molecule has 326 valence electrons. The summed E-state index contributed by atoms with van der Waals surface area (Å²) in [6, 6.07) is 3.14. The van der Waals surface area contributed by atoms with E-state index in [1.165, 1.54) is 0 Å². The molecule has 3 aromatic carbocycles. The van der Waals surface area contributed by atoms with Crippen LogP contribution in [0.3, 0.4) is 0 Å². The fourth-order valence-corrected chi connectivity index (χ4v) is 12.3. The van der Waals surface area contributed by atoms with Crippen LogP contribution in [0.4, 0.5) is 5.69 Å². The number of unbranched alkanes of at least 4 members (excludes halogenated alkanes) is 4. The number of hydrogen-bond acceptors (Lipinski definition) is 10. The number of amides is 1. The molecule has 0 bridgehead atoms. The van der Waals surface area contributed by atoms with Gasteiger partial charge in [0, 0.05) is 38.9 Å². The zero-order valence-electron chi connectivity index (χ0n) is 34.2. The second-order valence-electron chi connectivity index (χ2n) is 17.0. The maximum atomic E-state index is 13.6. The average Bonchev–Trinajstić information content (AvgIpc) is 3.10. The lowest BCUT2D eigenvalue weighted by atomic mass is 9.79. The summed E-state index contributed by atoms with van der Waals surface area (Å²) in [5, 5.41) is 15.6. The second-order valence-corrected chi connectivity index (χ2v) is 21.9. The van der Waals surface area contributed by atoms with Gasteiger partial charge in [0.05, 0.1) is 43.0 Å². The number of halogens is 3. The smallest absolute Gasteiger partial charge is 0.337 e. The number of anilines is 1. The number of benzene rings is 3. The topological polar surface area (TPSA) is 209 Å². The molecule has 0 radical (unpaired) electrons. The molecule has 3 aliphatic heterocycles. The quantitative estimate of drug-likeness (QED) is 0.0368. The molecule has 0 saturated heterocycles. The Hall–Kier alpha value is -3.09. The predicted octanol–water partition coefficient (Wildman–Crippen LogP) is 8.97. The second kappa shape index (κ2) is 16.9. The largest absolute Gasteiger partial charge is 0.478 e.